The summed E-state index contributed by atoms with van der Waals surface area (Å²) in [5.74, 6) is -0.540. The van der Waals surface area contributed by atoms with Gasteiger partial charge >= 0.3 is 0 Å². The molecule has 1 N–H and O–H groups in total. The predicted molar refractivity (Wildman–Crippen MR) is 125 cm³/mol. The fourth-order valence-electron chi connectivity index (χ4n) is 3.35. The fraction of sp³-hybridized carbons (Fsp3) is 0.125. The zero-order chi connectivity index (χ0) is 22.0. The van der Waals surface area contributed by atoms with Crippen LogP contribution in [0, 0.1) is 5.82 Å². The van der Waals surface area contributed by atoms with E-state index >= 15 is 0 Å². The molecule has 0 aliphatic carbocycles. The van der Waals surface area contributed by atoms with Crippen LogP contribution in [0.2, 0.25) is 0 Å². The third-order valence-corrected chi connectivity index (χ3v) is 5.86. The minimum atomic E-state index is -0.351. The predicted octanol–water partition coefficient (Wildman–Crippen LogP) is 5.76. The number of pyridine rings is 2. The fourth-order valence-corrected chi connectivity index (χ4v) is 4.48. The Morgan fingerprint density at radius 2 is 1.97 bits per heavy atom. The van der Waals surface area contributed by atoms with Crippen molar-refractivity contribution in [2.24, 2.45) is 0 Å². The number of hydrogen-bond donors (Lipinski definition) is 1. The number of nitrogens with zero attached hydrogens (tertiary/aromatic N) is 3. The Morgan fingerprint density at radius 1 is 1.19 bits per heavy atom. The summed E-state index contributed by atoms with van der Waals surface area (Å²) in [4.78, 5) is 25.4. The molecule has 7 heteroatoms. The number of anilines is 2. The Bertz CT molecular complexity index is 1250. The Balaban J connectivity index is 1.79. The van der Waals surface area contributed by atoms with Crippen molar-refractivity contribution in [1.82, 2.24) is 9.97 Å². The second-order valence-corrected chi connectivity index (χ2v) is 8.17. The van der Waals surface area contributed by atoms with Gasteiger partial charge in [0.05, 0.1) is 11.4 Å². The molecule has 0 saturated carbocycles. The van der Waals surface area contributed by atoms with Crippen LogP contribution in [-0.4, -0.2) is 29.5 Å². The van der Waals surface area contributed by atoms with Gasteiger partial charge in [0.1, 0.15) is 15.5 Å². The minimum Gasteiger partial charge on any atom is -0.386 e. The Hall–Kier alpha value is -3.58. The SMILES string of the molecule is C=C(C)CN(C(=O)c1sc2nc(-c3cccnc3)ccc2c1NC)c1ccc(F)cc1. The highest BCUT2D eigenvalue weighted by molar-refractivity contribution is 7.21. The number of thiophene rings is 1. The van der Waals surface area contributed by atoms with Crippen LogP contribution in [0.15, 0.2) is 73.1 Å². The van der Waals surface area contributed by atoms with E-state index in [9.17, 15) is 9.18 Å². The van der Waals surface area contributed by atoms with Crippen molar-refractivity contribution in [2.45, 2.75) is 6.92 Å². The van der Waals surface area contributed by atoms with Crippen molar-refractivity contribution >= 4 is 38.8 Å². The van der Waals surface area contributed by atoms with Crippen LogP contribution in [0.4, 0.5) is 15.8 Å². The topological polar surface area (TPSA) is 58.1 Å². The van der Waals surface area contributed by atoms with E-state index in [0.29, 0.717) is 17.1 Å². The molecular formula is C24H21FN4OS. The first-order chi connectivity index (χ1) is 15.0. The highest BCUT2D eigenvalue weighted by atomic mass is 32.1. The Kier molecular flexibility index (Phi) is 5.77. The normalized spacial score (nSPS) is 10.8. The van der Waals surface area contributed by atoms with Gasteiger partial charge in [0, 0.05) is 42.6 Å². The lowest BCUT2D eigenvalue weighted by Crippen LogP contribution is -2.32. The van der Waals surface area contributed by atoms with E-state index in [0.717, 1.165) is 32.7 Å². The number of halogens is 1. The van der Waals surface area contributed by atoms with Crippen LogP contribution in [0.25, 0.3) is 21.5 Å². The van der Waals surface area contributed by atoms with Gasteiger partial charge in [-0.1, -0.05) is 12.2 Å². The number of benzene rings is 1. The lowest BCUT2D eigenvalue weighted by Gasteiger charge is -2.23. The number of nitrogens with one attached hydrogen (secondary N) is 1. The summed E-state index contributed by atoms with van der Waals surface area (Å²) in [6, 6.07) is 13.6. The van der Waals surface area contributed by atoms with Crippen LogP contribution in [0.5, 0.6) is 0 Å². The van der Waals surface area contributed by atoms with Crippen molar-refractivity contribution in [3.8, 4) is 11.3 Å². The number of carbonyl (C=O) groups is 1. The molecule has 156 valence electrons. The monoisotopic (exact) mass is 432 g/mol. The minimum absolute atomic E-state index is 0.190. The largest absolute Gasteiger partial charge is 0.386 e. The van der Waals surface area contributed by atoms with Gasteiger partial charge in [-0.05, 0) is 55.5 Å². The summed E-state index contributed by atoms with van der Waals surface area (Å²) in [5.41, 5.74) is 3.86. The molecule has 5 nitrogen and oxygen atoms in total. The van der Waals surface area contributed by atoms with Gasteiger partial charge in [-0.3, -0.25) is 9.78 Å². The van der Waals surface area contributed by atoms with Crippen molar-refractivity contribution in [3.05, 3.63) is 83.8 Å². The van der Waals surface area contributed by atoms with E-state index in [2.05, 4.69) is 16.9 Å². The van der Waals surface area contributed by atoms with Crippen molar-refractivity contribution in [3.63, 3.8) is 0 Å². The molecule has 0 aliphatic rings. The standard InChI is InChI=1S/C24H21FN4OS/c1-15(2)14-29(18-8-6-17(25)7-9-18)24(30)22-21(26-3)19-10-11-20(28-23(19)31-22)16-5-4-12-27-13-16/h4-13,26H,1,14H2,2-3H3. The maximum atomic E-state index is 13.6. The van der Waals surface area contributed by atoms with Crippen molar-refractivity contribution in [2.75, 3.05) is 23.8 Å². The van der Waals surface area contributed by atoms with Crippen LogP contribution in [0.1, 0.15) is 16.6 Å². The molecule has 4 aromatic rings. The van der Waals surface area contributed by atoms with E-state index in [1.807, 2.05) is 31.2 Å². The number of fused-ring (bicyclic) bond motifs is 1. The molecule has 3 aromatic heterocycles. The second kappa shape index (κ2) is 8.65. The van der Waals surface area contributed by atoms with Gasteiger partial charge in [0.2, 0.25) is 0 Å². The van der Waals surface area contributed by atoms with Gasteiger partial charge < -0.3 is 10.2 Å². The van der Waals surface area contributed by atoms with Gasteiger partial charge in [-0.15, -0.1) is 11.3 Å². The molecule has 3 heterocycles. The first kappa shape index (κ1) is 20.7. The molecule has 0 saturated heterocycles. The van der Waals surface area contributed by atoms with Crippen LogP contribution in [-0.2, 0) is 0 Å². The Morgan fingerprint density at radius 3 is 2.61 bits per heavy atom. The van der Waals surface area contributed by atoms with Gasteiger partial charge in [-0.25, -0.2) is 9.37 Å². The molecule has 1 amide bonds. The first-order valence-electron chi connectivity index (χ1n) is 9.71. The summed E-state index contributed by atoms with van der Waals surface area (Å²) in [5, 5.41) is 4.03. The van der Waals surface area contributed by atoms with Crippen LogP contribution < -0.4 is 10.2 Å². The zero-order valence-electron chi connectivity index (χ0n) is 17.2. The van der Waals surface area contributed by atoms with E-state index in [4.69, 9.17) is 4.98 Å². The molecule has 0 atom stereocenters. The summed E-state index contributed by atoms with van der Waals surface area (Å²) in [7, 11) is 1.79. The molecule has 4 rings (SSSR count). The van der Waals surface area contributed by atoms with E-state index in [1.165, 1.54) is 23.5 Å². The zero-order valence-corrected chi connectivity index (χ0v) is 18.0. The third-order valence-electron chi connectivity index (χ3n) is 4.77. The molecule has 0 unspecified atom stereocenters. The molecule has 0 spiro atoms. The molecule has 1 aromatic carbocycles. The summed E-state index contributed by atoms with van der Waals surface area (Å²) in [6.45, 7) is 6.13. The maximum absolute atomic E-state index is 13.6. The average Bonchev–Trinajstić information content (AvgIpc) is 3.16. The number of aromatic nitrogens is 2. The van der Waals surface area contributed by atoms with Gasteiger partial charge in [-0.2, -0.15) is 0 Å². The van der Waals surface area contributed by atoms with Crippen LogP contribution >= 0.6 is 11.3 Å². The lowest BCUT2D eigenvalue weighted by molar-refractivity contribution is 0.0993. The van der Waals surface area contributed by atoms with Crippen LogP contribution in [0.3, 0.4) is 0 Å². The third kappa shape index (κ3) is 4.18. The number of carbonyl (C=O) groups excluding carboxylic acids is 1. The molecular weight excluding hydrogens is 411 g/mol. The second-order valence-electron chi connectivity index (χ2n) is 7.17. The van der Waals surface area contributed by atoms with E-state index < -0.39 is 0 Å². The number of amides is 1. The smallest absolute Gasteiger partial charge is 0.270 e. The molecule has 0 radical (unpaired) electrons. The highest BCUT2D eigenvalue weighted by Crippen LogP contribution is 2.37. The first-order valence-corrected chi connectivity index (χ1v) is 10.5. The highest BCUT2D eigenvalue weighted by Gasteiger charge is 2.25. The molecule has 0 bridgehead atoms. The van der Waals surface area contributed by atoms with Gasteiger partial charge in [0.25, 0.3) is 5.91 Å². The molecule has 0 aliphatic heterocycles. The number of rotatable bonds is 6. The summed E-state index contributed by atoms with van der Waals surface area (Å²) in [6.07, 6.45) is 3.48. The molecule has 31 heavy (non-hydrogen) atoms. The number of hydrogen-bond acceptors (Lipinski definition) is 5. The van der Waals surface area contributed by atoms with E-state index in [-0.39, 0.29) is 11.7 Å². The average molecular weight is 433 g/mol. The quantitative estimate of drug-likeness (QED) is 0.394. The molecule has 0 fully saturated rings. The van der Waals surface area contributed by atoms with Crippen molar-refractivity contribution in [1.29, 1.82) is 0 Å². The lowest BCUT2D eigenvalue weighted by atomic mass is 10.1. The van der Waals surface area contributed by atoms with Gasteiger partial charge in [0.15, 0.2) is 0 Å². The summed E-state index contributed by atoms with van der Waals surface area (Å²) < 4.78 is 13.4. The van der Waals surface area contributed by atoms with Crippen molar-refractivity contribution < 1.29 is 9.18 Å². The van der Waals surface area contributed by atoms with E-state index in [1.54, 1.807) is 36.5 Å². The maximum Gasteiger partial charge on any atom is 0.270 e. The Labute approximate surface area is 183 Å². The summed E-state index contributed by atoms with van der Waals surface area (Å²) >= 11 is 1.33.